The zero-order chi connectivity index (χ0) is 10.6. The largest absolute Gasteiger partial charge is 0.381 e. The van der Waals surface area contributed by atoms with Crippen molar-refractivity contribution in [2.45, 2.75) is 25.5 Å². The third-order valence-corrected chi connectivity index (χ3v) is 3.97. The lowest BCUT2D eigenvalue weighted by molar-refractivity contribution is -0.456. The molecule has 1 unspecified atom stereocenters. The molecule has 0 aliphatic heterocycles. The standard InChI is InChI=1S/C8H20O4SSi/c1-8(9-2)7-13-5-4-6-14-12-11-10-3/h8H,4-7,14H2,1-3H3. The van der Waals surface area contributed by atoms with Gasteiger partial charge < -0.3 is 4.74 Å². The van der Waals surface area contributed by atoms with E-state index < -0.39 is 9.76 Å². The van der Waals surface area contributed by atoms with Gasteiger partial charge in [-0.15, -0.1) is 0 Å². The van der Waals surface area contributed by atoms with Crippen LogP contribution in [0.15, 0.2) is 0 Å². The Balaban J connectivity index is 2.92. The molecule has 6 heteroatoms. The summed E-state index contributed by atoms with van der Waals surface area (Å²) < 4.78 is 9.95. The number of ether oxygens (including phenoxy) is 1. The normalized spacial score (nSPS) is 13.9. The lowest BCUT2D eigenvalue weighted by atomic mass is 10.5. The molecule has 1 atom stereocenters. The Bertz CT molecular complexity index is 118. The highest BCUT2D eigenvalue weighted by atomic mass is 32.2. The lowest BCUT2D eigenvalue weighted by Gasteiger charge is -2.07. The number of rotatable bonds is 10. The van der Waals surface area contributed by atoms with E-state index in [9.17, 15) is 0 Å². The maximum absolute atomic E-state index is 5.14. The van der Waals surface area contributed by atoms with Gasteiger partial charge in [-0.3, -0.25) is 4.58 Å². The molecule has 0 radical (unpaired) electrons. The summed E-state index contributed by atoms with van der Waals surface area (Å²) in [6.45, 7) is 2.08. The van der Waals surface area contributed by atoms with E-state index in [2.05, 4.69) is 16.8 Å². The van der Waals surface area contributed by atoms with E-state index in [0.29, 0.717) is 6.10 Å². The lowest BCUT2D eigenvalue weighted by Crippen LogP contribution is -2.08. The average Bonchev–Trinajstić information content (AvgIpc) is 2.21. The maximum Gasteiger partial charge on any atom is 0.212 e. The minimum atomic E-state index is -0.544. The number of hydrogen-bond acceptors (Lipinski definition) is 5. The molecule has 0 N–H and O–H groups in total. The summed E-state index contributed by atoms with van der Waals surface area (Å²) in [6.07, 6.45) is 1.53. The number of hydrogen-bond donors (Lipinski definition) is 0. The fourth-order valence-electron chi connectivity index (χ4n) is 0.765. The molecule has 0 bridgehead atoms. The van der Waals surface area contributed by atoms with Crippen molar-refractivity contribution in [1.82, 2.24) is 0 Å². The van der Waals surface area contributed by atoms with Crippen LogP contribution in [0, 0.1) is 0 Å². The van der Waals surface area contributed by atoms with Crippen molar-refractivity contribution >= 4 is 21.5 Å². The van der Waals surface area contributed by atoms with Crippen molar-refractivity contribution in [2.75, 3.05) is 25.7 Å². The summed E-state index contributed by atoms with van der Waals surface area (Å²) in [5.74, 6) is 2.23. The Hall–Kier alpha value is 0.407. The van der Waals surface area contributed by atoms with Gasteiger partial charge >= 0.3 is 0 Å². The van der Waals surface area contributed by atoms with Crippen LogP contribution in [0.4, 0.5) is 0 Å². The minimum absolute atomic E-state index is 0.352. The van der Waals surface area contributed by atoms with E-state index in [4.69, 9.17) is 9.31 Å². The first-order valence-electron chi connectivity index (χ1n) is 4.74. The van der Waals surface area contributed by atoms with E-state index in [1.54, 1.807) is 7.11 Å². The fraction of sp³-hybridized carbons (Fsp3) is 1.00. The Morgan fingerprint density at radius 1 is 1.36 bits per heavy atom. The van der Waals surface area contributed by atoms with Crippen molar-refractivity contribution in [1.29, 1.82) is 0 Å². The van der Waals surface area contributed by atoms with E-state index in [1.807, 2.05) is 11.8 Å². The van der Waals surface area contributed by atoms with Crippen LogP contribution in [-0.4, -0.2) is 41.6 Å². The summed E-state index contributed by atoms with van der Waals surface area (Å²) in [5.41, 5.74) is 0. The second-order valence-electron chi connectivity index (χ2n) is 2.89. The summed E-state index contributed by atoms with van der Waals surface area (Å²) in [4.78, 5) is 4.31. The predicted octanol–water partition coefficient (Wildman–Crippen LogP) is 1.16. The second kappa shape index (κ2) is 11.5. The van der Waals surface area contributed by atoms with E-state index in [-0.39, 0.29) is 0 Å². The van der Waals surface area contributed by atoms with Crippen molar-refractivity contribution in [3.05, 3.63) is 0 Å². The minimum Gasteiger partial charge on any atom is -0.381 e. The highest BCUT2D eigenvalue weighted by molar-refractivity contribution is 7.99. The highest BCUT2D eigenvalue weighted by Crippen LogP contribution is 2.08. The van der Waals surface area contributed by atoms with Crippen molar-refractivity contribution < 1.29 is 19.2 Å². The second-order valence-corrected chi connectivity index (χ2v) is 5.39. The first-order chi connectivity index (χ1) is 6.81. The summed E-state index contributed by atoms with van der Waals surface area (Å²) in [7, 11) is 2.64. The fourth-order valence-corrected chi connectivity index (χ4v) is 2.91. The molecule has 0 saturated carbocycles. The van der Waals surface area contributed by atoms with Crippen molar-refractivity contribution in [3.63, 3.8) is 0 Å². The molecule has 0 amide bonds. The summed E-state index contributed by atoms with van der Waals surface area (Å²) in [5, 5.41) is 4.33. The third kappa shape index (κ3) is 10.5. The topological polar surface area (TPSA) is 36.9 Å². The molecule has 0 rings (SSSR count). The number of methoxy groups -OCH3 is 1. The highest BCUT2D eigenvalue weighted by Gasteiger charge is 1.99. The van der Waals surface area contributed by atoms with Gasteiger partial charge in [0.25, 0.3) is 0 Å². The van der Waals surface area contributed by atoms with Gasteiger partial charge in [-0.2, -0.15) is 11.8 Å². The average molecular weight is 240 g/mol. The van der Waals surface area contributed by atoms with Gasteiger partial charge in [-0.05, 0) is 25.1 Å². The SMILES string of the molecule is COOO[SiH2]CCCSCC(C)OC. The van der Waals surface area contributed by atoms with Gasteiger partial charge in [-0.25, -0.2) is 4.89 Å². The Labute approximate surface area is 92.4 Å². The molecule has 0 aromatic rings. The summed E-state index contributed by atoms with van der Waals surface area (Å²) in [6, 6.07) is 1.12. The Kier molecular flexibility index (Phi) is 11.8. The zero-order valence-electron chi connectivity index (χ0n) is 9.15. The van der Waals surface area contributed by atoms with Gasteiger partial charge in [0.2, 0.25) is 9.76 Å². The molecular weight excluding hydrogens is 220 g/mol. The van der Waals surface area contributed by atoms with Crippen LogP contribution in [0.1, 0.15) is 13.3 Å². The Morgan fingerprint density at radius 3 is 2.79 bits per heavy atom. The molecular formula is C8H20O4SSi. The van der Waals surface area contributed by atoms with Crippen LogP contribution in [0.5, 0.6) is 0 Å². The van der Waals surface area contributed by atoms with Crippen molar-refractivity contribution in [3.8, 4) is 0 Å². The van der Waals surface area contributed by atoms with Crippen molar-refractivity contribution in [2.24, 2.45) is 0 Å². The van der Waals surface area contributed by atoms with E-state index >= 15 is 0 Å². The molecule has 0 aromatic heterocycles. The van der Waals surface area contributed by atoms with Crippen LogP contribution in [-0.2, 0) is 19.2 Å². The monoisotopic (exact) mass is 240 g/mol. The quantitative estimate of drug-likeness (QED) is 0.248. The zero-order valence-corrected chi connectivity index (χ0v) is 11.4. The molecule has 0 aromatic carbocycles. The first kappa shape index (κ1) is 14.4. The molecule has 0 fully saturated rings. The van der Waals surface area contributed by atoms with Gasteiger partial charge in [-0.1, -0.05) is 5.04 Å². The molecule has 4 nitrogen and oxygen atoms in total. The molecule has 0 aliphatic rings. The van der Waals surface area contributed by atoms with Gasteiger partial charge in [0.05, 0.1) is 13.2 Å². The van der Waals surface area contributed by atoms with Gasteiger partial charge in [0, 0.05) is 12.9 Å². The van der Waals surface area contributed by atoms with Crippen LogP contribution in [0.25, 0.3) is 0 Å². The van der Waals surface area contributed by atoms with Gasteiger partial charge in [0.15, 0.2) is 0 Å². The molecule has 0 heterocycles. The predicted molar refractivity (Wildman–Crippen MR) is 60.9 cm³/mol. The third-order valence-electron chi connectivity index (χ3n) is 1.64. The van der Waals surface area contributed by atoms with Crippen LogP contribution in [0.3, 0.4) is 0 Å². The van der Waals surface area contributed by atoms with Crippen LogP contribution in [0.2, 0.25) is 6.04 Å². The van der Waals surface area contributed by atoms with Crippen LogP contribution < -0.4 is 0 Å². The van der Waals surface area contributed by atoms with E-state index in [1.165, 1.54) is 13.5 Å². The molecule has 0 saturated heterocycles. The van der Waals surface area contributed by atoms with E-state index in [0.717, 1.165) is 17.5 Å². The smallest absolute Gasteiger partial charge is 0.212 e. The first-order valence-corrected chi connectivity index (χ1v) is 7.47. The molecule has 86 valence electrons. The molecule has 0 spiro atoms. The summed E-state index contributed by atoms with van der Waals surface area (Å²) >= 11 is 1.92. The maximum atomic E-state index is 5.14. The van der Waals surface area contributed by atoms with Crippen LogP contribution >= 0.6 is 11.8 Å². The molecule has 0 aliphatic carbocycles. The van der Waals surface area contributed by atoms with Gasteiger partial charge in [0.1, 0.15) is 0 Å². The Morgan fingerprint density at radius 2 is 2.14 bits per heavy atom. The molecule has 14 heavy (non-hydrogen) atoms. The number of thioether (sulfide) groups is 1.